The monoisotopic (exact) mass is 233 g/mol. The minimum atomic E-state index is -0.506. The van der Waals surface area contributed by atoms with Gasteiger partial charge < -0.3 is 15.5 Å². The van der Waals surface area contributed by atoms with Crippen molar-refractivity contribution >= 4 is 23.2 Å². The molecule has 0 radical (unpaired) electrons. The van der Waals surface area contributed by atoms with E-state index in [1.54, 1.807) is 14.1 Å². The molecule has 0 aromatic heterocycles. The minimum Gasteiger partial charge on any atom is -0.372 e. The predicted octanol–water partition coefficient (Wildman–Crippen LogP) is 0.897. The fourth-order valence-corrected chi connectivity index (χ4v) is 1.80. The summed E-state index contributed by atoms with van der Waals surface area (Å²) < 4.78 is 0. The lowest BCUT2D eigenvalue weighted by atomic mass is 10.1. The quantitative estimate of drug-likeness (QED) is 0.757. The van der Waals surface area contributed by atoms with Crippen molar-refractivity contribution in [2.24, 2.45) is 0 Å². The first-order valence-electron chi connectivity index (χ1n) is 5.44. The van der Waals surface area contributed by atoms with Gasteiger partial charge in [0.05, 0.1) is 17.8 Å². The molecule has 2 amide bonds. The molecular weight excluding hydrogens is 218 g/mol. The molecule has 5 heteroatoms. The number of hydrogen-bond acceptors (Lipinski definition) is 3. The van der Waals surface area contributed by atoms with E-state index in [9.17, 15) is 9.59 Å². The maximum absolute atomic E-state index is 11.9. The van der Waals surface area contributed by atoms with Crippen LogP contribution in [0.5, 0.6) is 0 Å². The van der Waals surface area contributed by atoms with Crippen LogP contribution in [0.25, 0.3) is 0 Å². The highest BCUT2D eigenvalue weighted by molar-refractivity contribution is 6.01. The lowest BCUT2D eigenvalue weighted by molar-refractivity contribution is -0.131. The van der Waals surface area contributed by atoms with E-state index < -0.39 is 6.04 Å². The first-order chi connectivity index (χ1) is 8.08. The van der Waals surface area contributed by atoms with Gasteiger partial charge in [0.25, 0.3) is 0 Å². The van der Waals surface area contributed by atoms with Crippen molar-refractivity contribution in [2.45, 2.75) is 12.5 Å². The van der Waals surface area contributed by atoms with Gasteiger partial charge in [0, 0.05) is 14.1 Å². The van der Waals surface area contributed by atoms with E-state index in [2.05, 4.69) is 10.6 Å². The van der Waals surface area contributed by atoms with Gasteiger partial charge in [-0.3, -0.25) is 9.59 Å². The van der Waals surface area contributed by atoms with Crippen LogP contribution in [0.4, 0.5) is 11.4 Å². The highest BCUT2D eigenvalue weighted by atomic mass is 16.2. The molecule has 1 aromatic rings. The minimum absolute atomic E-state index is 0.100. The second kappa shape index (κ2) is 4.45. The van der Waals surface area contributed by atoms with Crippen LogP contribution in [0.15, 0.2) is 24.3 Å². The van der Waals surface area contributed by atoms with Crippen molar-refractivity contribution in [3.8, 4) is 0 Å². The van der Waals surface area contributed by atoms with Gasteiger partial charge in [-0.2, -0.15) is 0 Å². The number of benzene rings is 1. The van der Waals surface area contributed by atoms with Crippen LogP contribution in [0.2, 0.25) is 0 Å². The normalized spacial score (nSPS) is 18.5. The SMILES string of the molecule is CN(C)C(=O)C1CC(=O)Nc2ccccc2N1. The summed E-state index contributed by atoms with van der Waals surface area (Å²) >= 11 is 0. The van der Waals surface area contributed by atoms with Gasteiger partial charge >= 0.3 is 0 Å². The number of rotatable bonds is 1. The van der Waals surface area contributed by atoms with Crippen molar-refractivity contribution in [3.05, 3.63) is 24.3 Å². The summed E-state index contributed by atoms with van der Waals surface area (Å²) in [5, 5.41) is 5.87. The maximum atomic E-state index is 11.9. The molecule has 1 aliphatic heterocycles. The van der Waals surface area contributed by atoms with E-state index in [1.807, 2.05) is 24.3 Å². The molecule has 0 fully saturated rings. The fraction of sp³-hybridized carbons (Fsp3) is 0.333. The van der Waals surface area contributed by atoms with Gasteiger partial charge in [0.2, 0.25) is 11.8 Å². The molecule has 1 atom stereocenters. The van der Waals surface area contributed by atoms with Crippen LogP contribution in [-0.2, 0) is 9.59 Å². The Morgan fingerprint density at radius 2 is 1.94 bits per heavy atom. The number of carbonyl (C=O) groups excluding carboxylic acids is 2. The average molecular weight is 233 g/mol. The first-order valence-corrected chi connectivity index (χ1v) is 5.44. The topological polar surface area (TPSA) is 61.4 Å². The molecule has 5 nitrogen and oxygen atoms in total. The molecule has 2 N–H and O–H groups in total. The summed E-state index contributed by atoms with van der Waals surface area (Å²) in [6, 6.07) is 6.85. The van der Waals surface area contributed by atoms with Crippen LogP contribution >= 0.6 is 0 Å². The third kappa shape index (κ3) is 2.38. The zero-order valence-corrected chi connectivity index (χ0v) is 9.86. The number of nitrogens with zero attached hydrogens (tertiary/aromatic N) is 1. The Bertz CT molecular complexity index is 457. The van der Waals surface area contributed by atoms with Gasteiger partial charge in [-0.1, -0.05) is 12.1 Å². The van der Waals surface area contributed by atoms with E-state index in [1.165, 1.54) is 4.90 Å². The summed E-state index contributed by atoms with van der Waals surface area (Å²) in [4.78, 5) is 25.0. The number of amides is 2. The maximum Gasteiger partial charge on any atom is 0.245 e. The Hall–Kier alpha value is -2.04. The number of fused-ring (bicyclic) bond motifs is 1. The predicted molar refractivity (Wildman–Crippen MR) is 65.8 cm³/mol. The van der Waals surface area contributed by atoms with Crippen molar-refractivity contribution in [2.75, 3.05) is 24.7 Å². The van der Waals surface area contributed by atoms with E-state index in [0.29, 0.717) is 5.69 Å². The van der Waals surface area contributed by atoms with Gasteiger partial charge in [0.1, 0.15) is 6.04 Å². The summed E-state index contributed by atoms with van der Waals surface area (Å²) in [6.07, 6.45) is 0.145. The van der Waals surface area contributed by atoms with Crippen molar-refractivity contribution in [1.82, 2.24) is 4.90 Å². The Morgan fingerprint density at radius 3 is 2.59 bits per heavy atom. The molecule has 0 saturated heterocycles. The second-order valence-corrected chi connectivity index (χ2v) is 4.23. The zero-order valence-electron chi connectivity index (χ0n) is 9.86. The lowest BCUT2D eigenvalue weighted by Gasteiger charge is -2.20. The van der Waals surface area contributed by atoms with Crippen molar-refractivity contribution in [1.29, 1.82) is 0 Å². The van der Waals surface area contributed by atoms with Gasteiger partial charge in [-0.15, -0.1) is 0 Å². The molecular formula is C12H15N3O2. The fourth-order valence-electron chi connectivity index (χ4n) is 1.80. The van der Waals surface area contributed by atoms with Crippen LogP contribution < -0.4 is 10.6 Å². The van der Waals surface area contributed by atoms with Gasteiger partial charge in [-0.05, 0) is 12.1 Å². The largest absolute Gasteiger partial charge is 0.372 e. The number of hydrogen-bond donors (Lipinski definition) is 2. The van der Waals surface area contributed by atoms with E-state index >= 15 is 0 Å². The van der Waals surface area contributed by atoms with E-state index in [4.69, 9.17) is 0 Å². The third-order valence-electron chi connectivity index (χ3n) is 2.66. The summed E-state index contributed by atoms with van der Waals surface area (Å²) in [7, 11) is 3.36. The lowest BCUT2D eigenvalue weighted by Crippen LogP contribution is -2.39. The Balaban J connectivity index is 2.29. The highest BCUT2D eigenvalue weighted by Crippen LogP contribution is 2.25. The number of nitrogens with one attached hydrogen (secondary N) is 2. The van der Waals surface area contributed by atoms with Crippen LogP contribution in [0, 0.1) is 0 Å². The van der Waals surface area contributed by atoms with Crippen LogP contribution in [0.1, 0.15) is 6.42 Å². The third-order valence-corrected chi connectivity index (χ3v) is 2.66. The second-order valence-electron chi connectivity index (χ2n) is 4.23. The standard InChI is InChI=1S/C12H15N3O2/c1-15(2)12(17)10-7-11(16)14-9-6-4-3-5-8(9)13-10/h3-6,10,13H,7H2,1-2H3,(H,14,16). The summed E-state index contributed by atoms with van der Waals surface area (Å²) in [5.74, 6) is -0.250. The number of carbonyl (C=O) groups is 2. The molecule has 0 saturated carbocycles. The molecule has 1 aromatic carbocycles. The van der Waals surface area contributed by atoms with Crippen LogP contribution in [-0.4, -0.2) is 36.9 Å². The number of para-hydroxylation sites is 2. The summed E-state index contributed by atoms with van der Waals surface area (Å²) in [6.45, 7) is 0. The molecule has 17 heavy (non-hydrogen) atoms. The highest BCUT2D eigenvalue weighted by Gasteiger charge is 2.26. The zero-order chi connectivity index (χ0) is 12.4. The number of likely N-dealkylation sites (N-methyl/N-ethyl adjacent to an activating group) is 1. The smallest absolute Gasteiger partial charge is 0.245 e. The molecule has 90 valence electrons. The number of anilines is 2. The van der Waals surface area contributed by atoms with Gasteiger partial charge in [0.15, 0.2) is 0 Å². The molecule has 0 aliphatic carbocycles. The van der Waals surface area contributed by atoms with Crippen molar-refractivity contribution < 1.29 is 9.59 Å². The van der Waals surface area contributed by atoms with Crippen LogP contribution in [0.3, 0.4) is 0 Å². The molecule has 1 heterocycles. The summed E-state index contributed by atoms with van der Waals surface area (Å²) in [5.41, 5.74) is 1.49. The first kappa shape index (κ1) is 11.4. The Kier molecular flexibility index (Phi) is 2.99. The molecule has 1 aliphatic rings. The Morgan fingerprint density at radius 1 is 1.29 bits per heavy atom. The van der Waals surface area contributed by atoms with E-state index in [0.717, 1.165) is 5.69 Å². The average Bonchev–Trinajstić information content (AvgIpc) is 2.45. The molecule has 0 bridgehead atoms. The Labute approximate surface area is 99.8 Å². The molecule has 1 unspecified atom stereocenters. The molecule has 0 spiro atoms. The molecule has 2 rings (SSSR count). The van der Waals surface area contributed by atoms with Crippen molar-refractivity contribution in [3.63, 3.8) is 0 Å². The van der Waals surface area contributed by atoms with E-state index in [-0.39, 0.29) is 18.2 Å². The van der Waals surface area contributed by atoms with Gasteiger partial charge in [-0.25, -0.2) is 0 Å².